The molecule has 1 saturated carbocycles. The Morgan fingerprint density at radius 1 is 1.65 bits per heavy atom. The molecule has 3 nitrogen and oxygen atoms in total. The van der Waals surface area contributed by atoms with Crippen molar-refractivity contribution in [2.75, 3.05) is 7.11 Å². The second kappa shape index (κ2) is 5.99. The van der Waals surface area contributed by atoms with Crippen LogP contribution in [0, 0.1) is 11.3 Å². The van der Waals surface area contributed by atoms with Gasteiger partial charge < -0.3 is 4.74 Å². The molecule has 0 heterocycles. The molecule has 96 valence electrons. The van der Waals surface area contributed by atoms with Crippen LogP contribution in [0.1, 0.15) is 45.4 Å². The van der Waals surface area contributed by atoms with E-state index >= 15 is 0 Å². The minimum atomic E-state index is -0.467. The summed E-state index contributed by atoms with van der Waals surface area (Å²) in [6.07, 6.45) is 6.11. The average molecular weight is 238 g/mol. The van der Waals surface area contributed by atoms with Gasteiger partial charge in [0.05, 0.1) is 13.5 Å². The molecule has 2 unspecified atom stereocenters. The van der Waals surface area contributed by atoms with Gasteiger partial charge in [0.1, 0.15) is 5.78 Å². The lowest BCUT2D eigenvalue weighted by atomic mass is 9.65. The van der Waals surface area contributed by atoms with Crippen molar-refractivity contribution in [2.24, 2.45) is 11.3 Å². The predicted molar refractivity (Wildman–Crippen MR) is 66.5 cm³/mol. The molecule has 0 aliphatic heterocycles. The molecule has 0 spiro atoms. The Morgan fingerprint density at radius 3 is 2.82 bits per heavy atom. The van der Waals surface area contributed by atoms with E-state index < -0.39 is 5.41 Å². The molecule has 0 aromatic rings. The summed E-state index contributed by atoms with van der Waals surface area (Å²) in [6.45, 7) is 5.69. The Bertz CT molecular complexity index is 309. The summed E-state index contributed by atoms with van der Waals surface area (Å²) in [5, 5.41) is 0. The van der Waals surface area contributed by atoms with E-state index in [1.54, 1.807) is 0 Å². The summed E-state index contributed by atoms with van der Waals surface area (Å²) in [6, 6.07) is 0. The van der Waals surface area contributed by atoms with E-state index in [-0.39, 0.29) is 18.2 Å². The fourth-order valence-corrected chi connectivity index (χ4v) is 2.67. The number of ether oxygens (including phenoxy) is 1. The van der Waals surface area contributed by atoms with E-state index in [4.69, 9.17) is 4.74 Å². The molecule has 2 atom stereocenters. The SMILES string of the molecule is C=CCC1CCC(CC)(CC(=O)OC)C(=O)C1. The maximum absolute atomic E-state index is 12.2. The highest BCUT2D eigenvalue weighted by atomic mass is 16.5. The minimum absolute atomic E-state index is 0.225. The smallest absolute Gasteiger partial charge is 0.306 e. The molecule has 17 heavy (non-hydrogen) atoms. The largest absolute Gasteiger partial charge is 0.469 e. The number of hydrogen-bond acceptors (Lipinski definition) is 3. The van der Waals surface area contributed by atoms with Gasteiger partial charge in [-0.3, -0.25) is 9.59 Å². The summed E-state index contributed by atoms with van der Waals surface area (Å²) in [4.78, 5) is 23.6. The van der Waals surface area contributed by atoms with Crippen LogP contribution >= 0.6 is 0 Å². The van der Waals surface area contributed by atoms with Crippen molar-refractivity contribution >= 4 is 11.8 Å². The number of allylic oxidation sites excluding steroid dienone is 1. The maximum atomic E-state index is 12.2. The van der Waals surface area contributed by atoms with Crippen molar-refractivity contribution in [1.82, 2.24) is 0 Å². The van der Waals surface area contributed by atoms with Gasteiger partial charge in [-0.2, -0.15) is 0 Å². The van der Waals surface area contributed by atoms with Gasteiger partial charge in [0.15, 0.2) is 0 Å². The Hall–Kier alpha value is -1.12. The Labute approximate surface area is 103 Å². The van der Waals surface area contributed by atoms with Crippen LogP contribution < -0.4 is 0 Å². The molecule has 0 aromatic heterocycles. The molecular formula is C14H22O3. The number of esters is 1. The van der Waals surface area contributed by atoms with Gasteiger partial charge in [-0.25, -0.2) is 0 Å². The minimum Gasteiger partial charge on any atom is -0.469 e. The van der Waals surface area contributed by atoms with Crippen LogP contribution in [-0.2, 0) is 14.3 Å². The Balaban J connectivity index is 2.71. The summed E-state index contributed by atoms with van der Waals surface area (Å²) < 4.78 is 4.70. The first-order chi connectivity index (χ1) is 8.07. The first kappa shape index (κ1) is 13.9. The van der Waals surface area contributed by atoms with E-state index in [9.17, 15) is 9.59 Å². The number of hydrogen-bond donors (Lipinski definition) is 0. The van der Waals surface area contributed by atoms with Crippen LogP contribution in [-0.4, -0.2) is 18.9 Å². The van der Waals surface area contributed by atoms with Crippen LogP contribution in [0.4, 0.5) is 0 Å². The van der Waals surface area contributed by atoms with Crippen molar-refractivity contribution in [3.63, 3.8) is 0 Å². The van der Waals surface area contributed by atoms with Gasteiger partial charge in [0.2, 0.25) is 0 Å². The van der Waals surface area contributed by atoms with E-state index in [0.717, 1.165) is 25.7 Å². The van der Waals surface area contributed by atoms with Crippen molar-refractivity contribution in [1.29, 1.82) is 0 Å². The second-order valence-electron chi connectivity index (χ2n) is 4.94. The molecule has 1 fully saturated rings. The molecule has 0 saturated heterocycles. The first-order valence-electron chi connectivity index (χ1n) is 6.29. The Kier molecular flexibility index (Phi) is 4.91. The molecule has 0 amide bonds. The number of rotatable bonds is 5. The van der Waals surface area contributed by atoms with Crippen molar-refractivity contribution < 1.29 is 14.3 Å². The maximum Gasteiger partial charge on any atom is 0.306 e. The van der Waals surface area contributed by atoms with Gasteiger partial charge >= 0.3 is 5.97 Å². The van der Waals surface area contributed by atoms with Crippen LogP contribution in [0.3, 0.4) is 0 Å². The highest BCUT2D eigenvalue weighted by Gasteiger charge is 2.42. The molecule has 0 bridgehead atoms. The zero-order chi connectivity index (χ0) is 12.9. The van der Waals surface area contributed by atoms with Crippen LogP contribution in [0.5, 0.6) is 0 Å². The second-order valence-corrected chi connectivity index (χ2v) is 4.94. The van der Waals surface area contributed by atoms with E-state index in [1.807, 2.05) is 13.0 Å². The van der Waals surface area contributed by atoms with E-state index in [0.29, 0.717) is 12.3 Å². The van der Waals surface area contributed by atoms with Gasteiger partial charge in [-0.1, -0.05) is 13.0 Å². The van der Waals surface area contributed by atoms with Crippen molar-refractivity contribution in [3.05, 3.63) is 12.7 Å². The zero-order valence-electron chi connectivity index (χ0n) is 10.8. The van der Waals surface area contributed by atoms with Crippen molar-refractivity contribution in [3.8, 4) is 0 Å². The number of carbonyl (C=O) groups excluding carboxylic acids is 2. The normalized spacial score (nSPS) is 28.8. The fraction of sp³-hybridized carbons (Fsp3) is 0.714. The lowest BCUT2D eigenvalue weighted by Crippen LogP contribution is -2.38. The quantitative estimate of drug-likeness (QED) is 0.546. The summed E-state index contributed by atoms with van der Waals surface area (Å²) in [7, 11) is 1.37. The number of methoxy groups -OCH3 is 1. The van der Waals surface area contributed by atoms with E-state index in [1.165, 1.54) is 7.11 Å². The predicted octanol–water partition coefficient (Wildman–Crippen LogP) is 2.89. The third-order valence-electron chi connectivity index (χ3n) is 3.98. The van der Waals surface area contributed by atoms with Gasteiger partial charge in [0, 0.05) is 11.8 Å². The zero-order valence-corrected chi connectivity index (χ0v) is 10.8. The molecule has 1 aliphatic carbocycles. The monoisotopic (exact) mass is 238 g/mol. The lowest BCUT2D eigenvalue weighted by molar-refractivity contribution is -0.149. The Morgan fingerprint density at radius 2 is 2.35 bits per heavy atom. The molecular weight excluding hydrogens is 216 g/mol. The molecule has 0 N–H and O–H groups in total. The first-order valence-corrected chi connectivity index (χ1v) is 6.29. The molecule has 3 heteroatoms. The van der Waals surface area contributed by atoms with Crippen LogP contribution in [0.15, 0.2) is 12.7 Å². The third-order valence-corrected chi connectivity index (χ3v) is 3.98. The third kappa shape index (κ3) is 3.18. The van der Waals surface area contributed by atoms with Crippen LogP contribution in [0.2, 0.25) is 0 Å². The molecule has 1 rings (SSSR count). The highest BCUT2D eigenvalue weighted by molar-refractivity contribution is 5.89. The number of ketones is 1. The standard InChI is InChI=1S/C14H22O3/c1-4-6-11-7-8-14(5-2,12(15)9-11)10-13(16)17-3/h4,11H,1,5-10H2,2-3H3. The summed E-state index contributed by atoms with van der Waals surface area (Å²) in [5.74, 6) is 0.364. The van der Waals surface area contributed by atoms with Crippen molar-refractivity contribution in [2.45, 2.75) is 45.4 Å². The number of carbonyl (C=O) groups is 2. The average Bonchev–Trinajstić information content (AvgIpc) is 2.33. The van der Waals surface area contributed by atoms with E-state index in [2.05, 4.69) is 6.58 Å². The van der Waals surface area contributed by atoms with Gasteiger partial charge in [-0.05, 0) is 31.6 Å². The molecule has 0 aromatic carbocycles. The molecule has 1 aliphatic rings. The molecule has 0 radical (unpaired) electrons. The van der Waals surface area contributed by atoms with Gasteiger partial charge in [-0.15, -0.1) is 6.58 Å². The topological polar surface area (TPSA) is 43.4 Å². The fourth-order valence-electron chi connectivity index (χ4n) is 2.67. The van der Waals surface area contributed by atoms with Gasteiger partial charge in [0.25, 0.3) is 0 Å². The number of Topliss-reactive ketones (excluding diaryl/α,β-unsaturated/α-hetero) is 1. The summed E-state index contributed by atoms with van der Waals surface area (Å²) in [5.41, 5.74) is -0.467. The summed E-state index contributed by atoms with van der Waals surface area (Å²) >= 11 is 0. The van der Waals surface area contributed by atoms with Crippen LogP contribution in [0.25, 0.3) is 0 Å². The highest BCUT2D eigenvalue weighted by Crippen LogP contribution is 2.42. The lowest BCUT2D eigenvalue weighted by Gasteiger charge is -2.37.